The van der Waals surface area contributed by atoms with Gasteiger partial charge in [0.05, 0.1) is 25.3 Å². The lowest BCUT2D eigenvalue weighted by atomic mass is 10.2. The monoisotopic (exact) mass is 385 g/mol. The number of rotatable bonds is 5. The average Bonchev–Trinajstić information content (AvgIpc) is 3.09. The Morgan fingerprint density at radius 1 is 1.15 bits per heavy atom. The molecule has 0 spiro atoms. The zero-order chi connectivity index (χ0) is 18.6. The van der Waals surface area contributed by atoms with Crippen LogP contribution in [0.2, 0.25) is 5.02 Å². The minimum absolute atomic E-state index is 0.206. The molecule has 7 nitrogen and oxygen atoms in total. The Morgan fingerprint density at radius 3 is 2.81 bits per heavy atom. The highest BCUT2D eigenvalue weighted by Crippen LogP contribution is 2.18. The quantitative estimate of drug-likeness (QED) is 0.731. The minimum Gasteiger partial charge on any atom is -0.379 e. The highest BCUT2D eigenvalue weighted by Gasteiger charge is 2.13. The van der Waals surface area contributed by atoms with Gasteiger partial charge in [-0.05, 0) is 36.4 Å². The van der Waals surface area contributed by atoms with Gasteiger partial charge in [-0.3, -0.25) is 9.69 Å². The lowest BCUT2D eigenvalue weighted by Crippen LogP contribution is -2.38. The van der Waals surface area contributed by atoms with Gasteiger partial charge < -0.3 is 10.1 Å². The van der Waals surface area contributed by atoms with E-state index in [1.54, 1.807) is 36.4 Å². The Hall–Kier alpha value is -2.48. The average molecular weight is 386 g/mol. The first-order valence-electron chi connectivity index (χ1n) is 8.89. The maximum atomic E-state index is 12.5. The predicted octanol–water partition coefficient (Wildman–Crippen LogP) is 2.67. The number of aromatic nitrogens is 3. The van der Waals surface area contributed by atoms with Crippen molar-refractivity contribution in [2.75, 3.05) is 38.2 Å². The van der Waals surface area contributed by atoms with E-state index in [2.05, 4.69) is 20.5 Å². The molecule has 1 aromatic heterocycles. The van der Waals surface area contributed by atoms with Crippen LogP contribution in [-0.4, -0.2) is 58.6 Å². The van der Waals surface area contributed by atoms with Gasteiger partial charge in [0.15, 0.2) is 0 Å². The molecule has 2 heterocycles. The number of nitrogens with one attached hydrogen (secondary N) is 1. The summed E-state index contributed by atoms with van der Waals surface area (Å²) in [6, 6.07) is 12.5. The van der Waals surface area contributed by atoms with Crippen molar-refractivity contribution in [3.05, 3.63) is 53.1 Å². The molecule has 140 valence electrons. The Balaban J connectivity index is 1.45. The number of morpholine rings is 1. The van der Waals surface area contributed by atoms with Crippen molar-refractivity contribution in [3.8, 4) is 0 Å². The number of ether oxygens (including phenoxy) is 1. The predicted molar refractivity (Wildman–Crippen MR) is 104 cm³/mol. The zero-order valence-electron chi connectivity index (χ0n) is 14.8. The number of benzene rings is 2. The normalized spacial score (nSPS) is 15.1. The van der Waals surface area contributed by atoms with Gasteiger partial charge in [0.2, 0.25) is 0 Å². The Morgan fingerprint density at radius 2 is 2.00 bits per heavy atom. The smallest absolute Gasteiger partial charge is 0.255 e. The summed E-state index contributed by atoms with van der Waals surface area (Å²) in [7, 11) is 0. The number of hydrogen-bond donors (Lipinski definition) is 1. The highest BCUT2D eigenvalue weighted by atomic mass is 35.5. The van der Waals surface area contributed by atoms with Crippen LogP contribution in [0, 0.1) is 0 Å². The summed E-state index contributed by atoms with van der Waals surface area (Å²) in [4.78, 5) is 14.8. The number of fused-ring (bicyclic) bond motifs is 1. The zero-order valence-corrected chi connectivity index (χ0v) is 15.5. The second kappa shape index (κ2) is 8.04. The van der Waals surface area contributed by atoms with Crippen molar-refractivity contribution in [1.29, 1.82) is 0 Å². The van der Waals surface area contributed by atoms with Crippen LogP contribution in [0.15, 0.2) is 42.5 Å². The van der Waals surface area contributed by atoms with E-state index in [4.69, 9.17) is 16.3 Å². The van der Waals surface area contributed by atoms with Gasteiger partial charge in [-0.2, -0.15) is 0 Å². The van der Waals surface area contributed by atoms with E-state index in [1.165, 1.54) is 0 Å². The molecule has 27 heavy (non-hydrogen) atoms. The van der Waals surface area contributed by atoms with E-state index in [9.17, 15) is 4.79 Å². The fraction of sp³-hybridized carbons (Fsp3) is 0.316. The third-order valence-corrected chi connectivity index (χ3v) is 4.83. The Labute approximate surface area is 161 Å². The molecular formula is C19H20ClN5O2. The molecule has 1 saturated heterocycles. The van der Waals surface area contributed by atoms with Gasteiger partial charge in [-0.1, -0.05) is 22.9 Å². The molecule has 1 aliphatic heterocycles. The van der Waals surface area contributed by atoms with Crippen LogP contribution >= 0.6 is 11.6 Å². The van der Waals surface area contributed by atoms with E-state index >= 15 is 0 Å². The minimum atomic E-state index is -0.206. The molecule has 4 rings (SSSR count). The van der Waals surface area contributed by atoms with Gasteiger partial charge in [0.1, 0.15) is 5.52 Å². The number of anilines is 1. The number of carbonyl (C=O) groups excluding carboxylic acids is 1. The maximum Gasteiger partial charge on any atom is 0.255 e. The molecule has 1 fully saturated rings. The number of nitrogens with zero attached hydrogens (tertiary/aromatic N) is 4. The fourth-order valence-electron chi connectivity index (χ4n) is 3.11. The maximum absolute atomic E-state index is 12.5. The first-order chi connectivity index (χ1) is 13.2. The molecule has 3 aromatic rings. The number of carbonyl (C=O) groups is 1. The van der Waals surface area contributed by atoms with Gasteiger partial charge in [-0.15, -0.1) is 5.10 Å². The van der Waals surface area contributed by atoms with E-state index in [-0.39, 0.29) is 5.91 Å². The molecule has 0 unspecified atom stereocenters. The van der Waals surface area contributed by atoms with Crippen LogP contribution in [0.25, 0.3) is 11.0 Å². The van der Waals surface area contributed by atoms with Crippen LogP contribution in [0.3, 0.4) is 0 Å². The first-order valence-corrected chi connectivity index (χ1v) is 9.27. The molecule has 2 aromatic carbocycles. The van der Waals surface area contributed by atoms with Crippen LogP contribution in [-0.2, 0) is 11.3 Å². The summed E-state index contributed by atoms with van der Waals surface area (Å²) >= 11 is 5.96. The second-order valence-electron chi connectivity index (χ2n) is 6.43. The molecule has 8 heteroatoms. The number of halogens is 1. The standard InChI is InChI=1S/C19H20ClN5O2/c20-15-2-1-3-16(13-15)21-19(26)14-4-5-18-17(12-14)22-23-25(18)7-6-24-8-10-27-11-9-24/h1-5,12-13H,6-11H2,(H,21,26). The molecule has 0 aliphatic carbocycles. The van der Waals surface area contributed by atoms with Crippen molar-refractivity contribution in [2.45, 2.75) is 6.54 Å². The SMILES string of the molecule is O=C(Nc1cccc(Cl)c1)c1ccc2c(c1)nnn2CCN1CCOCC1. The molecular weight excluding hydrogens is 366 g/mol. The topological polar surface area (TPSA) is 72.3 Å². The van der Waals surface area contributed by atoms with Crippen molar-refractivity contribution in [2.24, 2.45) is 0 Å². The largest absolute Gasteiger partial charge is 0.379 e. The number of amides is 1. The van der Waals surface area contributed by atoms with E-state index in [0.717, 1.165) is 44.9 Å². The van der Waals surface area contributed by atoms with Crippen LogP contribution in [0.5, 0.6) is 0 Å². The summed E-state index contributed by atoms with van der Waals surface area (Å²) in [5.41, 5.74) is 2.81. The second-order valence-corrected chi connectivity index (χ2v) is 6.87. The lowest BCUT2D eigenvalue weighted by Gasteiger charge is -2.26. The van der Waals surface area contributed by atoms with Crippen LogP contribution < -0.4 is 5.32 Å². The van der Waals surface area contributed by atoms with Gasteiger partial charge >= 0.3 is 0 Å². The Kier molecular flexibility index (Phi) is 5.33. The lowest BCUT2D eigenvalue weighted by molar-refractivity contribution is 0.0360. The number of hydrogen-bond acceptors (Lipinski definition) is 5. The third kappa shape index (κ3) is 4.27. The molecule has 0 bridgehead atoms. The first kappa shape index (κ1) is 17.9. The summed E-state index contributed by atoms with van der Waals surface area (Å²) in [6.07, 6.45) is 0. The summed E-state index contributed by atoms with van der Waals surface area (Å²) in [5, 5.41) is 11.9. The summed E-state index contributed by atoms with van der Waals surface area (Å²) in [6.45, 7) is 5.11. The van der Waals surface area contributed by atoms with Gasteiger partial charge in [0.25, 0.3) is 5.91 Å². The third-order valence-electron chi connectivity index (χ3n) is 4.59. The van der Waals surface area contributed by atoms with Crippen molar-refractivity contribution in [3.63, 3.8) is 0 Å². The molecule has 0 radical (unpaired) electrons. The van der Waals surface area contributed by atoms with Crippen molar-refractivity contribution < 1.29 is 9.53 Å². The van der Waals surface area contributed by atoms with Gasteiger partial charge in [-0.25, -0.2) is 4.68 Å². The van der Waals surface area contributed by atoms with E-state index in [0.29, 0.717) is 21.8 Å². The van der Waals surface area contributed by atoms with Crippen molar-refractivity contribution in [1.82, 2.24) is 19.9 Å². The van der Waals surface area contributed by atoms with Crippen molar-refractivity contribution >= 4 is 34.2 Å². The molecule has 1 aliphatic rings. The van der Waals surface area contributed by atoms with E-state index < -0.39 is 0 Å². The van der Waals surface area contributed by atoms with Crippen LogP contribution in [0.4, 0.5) is 5.69 Å². The molecule has 1 amide bonds. The summed E-state index contributed by atoms with van der Waals surface area (Å²) < 4.78 is 7.25. The van der Waals surface area contributed by atoms with Gasteiger partial charge in [0, 0.05) is 35.9 Å². The fourth-order valence-corrected chi connectivity index (χ4v) is 3.30. The van der Waals surface area contributed by atoms with E-state index in [1.807, 2.05) is 10.7 Å². The summed E-state index contributed by atoms with van der Waals surface area (Å²) in [5.74, 6) is -0.206. The Bertz CT molecular complexity index is 952. The highest BCUT2D eigenvalue weighted by molar-refractivity contribution is 6.31. The molecule has 0 atom stereocenters. The van der Waals surface area contributed by atoms with Crippen LogP contribution in [0.1, 0.15) is 10.4 Å². The molecule has 1 N–H and O–H groups in total. The molecule has 0 saturated carbocycles.